The number of hydrogen-bond acceptors (Lipinski definition) is 3. The Morgan fingerprint density at radius 1 is 1.24 bits per heavy atom. The van der Waals surface area contributed by atoms with Gasteiger partial charge < -0.3 is 9.47 Å². The first-order valence-electron chi connectivity index (χ1n) is 8.42. The molecule has 0 aliphatic carbocycles. The number of thiophene rings is 1. The lowest BCUT2D eigenvalue weighted by Crippen LogP contribution is -2.28. The van der Waals surface area contributed by atoms with Gasteiger partial charge in [-0.25, -0.2) is 4.98 Å². The van der Waals surface area contributed by atoms with Crippen molar-refractivity contribution in [3.63, 3.8) is 0 Å². The first-order chi connectivity index (χ1) is 12.3. The molecule has 1 unspecified atom stereocenters. The van der Waals surface area contributed by atoms with E-state index >= 15 is 0 Å². The summed E-state index contributed by atoms with van der Waals surface area (Å²) >= 11 is 1.73. The third-order valence-electron chi connectivity index (χ3n) is 4.52. The van der Waals surface area contributed by atoms with Gasteiger partial charge in [0.1, 0.15) is 0 Å². The minimum atomic E-state index is 0.0922. The van der Waals surface area contributed by atoms with Crippen LogP contribution in [0.4, 0.5) is 0 Å². The molecule has 0 radical (unpaired) electrons. The van der Waals surface area contributed by atoms with Crippen LogP contribution in [0.5, 0.6) is 0 Å². The van der Waals surface area contributed by atoms with Crippen LogP contribution in [0.15, 0.2) is 66.6 Å². The van der Waals surface area contributed by atoms with Gasteiger partial charge in [-0.1, -0.05) is 18.2 Å². The van der Waals surface area contributed by atoms with Crippen molar-refractivity contribution in [3.05, 3.63) is 77.0 Å². The molecule has 1 amide bonds. The van der Waals surface area contributed by atoms with Crippen LogP contribution in [0.1, 0.15) is 29.3 Å². The van der Waals surface area contributed by atoms with Gasteiger partial charge in [-0.2, -0.15) is 0 Å². The highest BCUT2D eigenvalue weighted by molar-refractivity contribution is 7.10. The number of carbonyl (C=O) groups is 1. The van der Waals surface area contributed by atoms with Crippen molar-refractivity contribution >= 4 is 23.3 Å². The van der Waals surface area contributed by atoms with Crippen LogP contribution in [-0.4, -0.2) is 26.9 Å². The van der Waals surface area contributed by atoms with E-state index in [1.54, 1.807) is 29.9 Å². The zero-order valence-electron chi connectivity index (χ0n) is 13.8. The van der Waals surface area contributed by atoms with E-state index in [9.17, 15) is 4.79 Å². The van der Waals surface area contributed by atoms with Crippen molar-refractivity contribution in [2.24, 2.45) is 0 Å². The Morgan fingerprint density at radius 2 is 2.12 bits per heavy atom. The molecule has 4 nitrogen and oxygen atoms in total. The average molecular weight is 349 g/mol. The van der Waals surface area contributed by atoms with E-state index in [4.69, 9.17) is 0 Å². The van der Waals surface area contributed by atoms with E-state index in [1.807, 2.05) is 46.0 Å². The molecule has 3 heterocycles. The van der Waals surface area contributed by atoms with Crippen LogP contribution in [0.2, 0.25) is 0 Å². The lowest BCUT2D eigenvalue weighted by Gasteiger charge is -2.22. The second-order valence-corrected chi connectivity index (χ2v) is 7.08. The molecule has 3 aromatic rings. The van der Waals surface area contributed by atoms with Crippen molar-refractivity contribution in [2.75, 3.05) is 6.54 Å². The summed E-state index contributed by atoms with van der Waals surface area (Å²) in [5.74, 6) is 0.0922. The Bertz CT molecular complexity index is 851. The average Bonchev–Trinajstić information content (AvgIpc) is 3.41. The molecule has 1 fully saturated rings. The van der Waals surface area contributed by atoms with E-state index in [2.05, 4.69) is 22.5 Å². The van der Waals surface area contributed by atoms with Crippen LogP contribution in [-0.2, 0) is 4.79 Å². The van der Waals surface area contributed by atoms with E-state index in [0.717, 1.165) is 30.6 Å². The van der Waals surface area contributed by atoms with Crippen LogP contribution in [0, 0.1) is 0 Å². The van der Waals surface area contributed by atoms with Crippen molar-refractivity contribution < 1.29 is 4.79 Å². The number of nitrogens with zero attached hydrogens (tertiary/aromatic N) is 3. The molecule has 1 aliphatic rings. The molecule has 1 atom stereocenters. The van der Waals surface area contributed by atoms with E-state index in [0.29, 0.717) is 0 Å². The van der Waals surface area contributed by atoms with Gasteiger partial charge in [0.15, 0.2) is 0 Å². The molecule has 0 saturated carbocycles. The molecule has 0 N–H and O–H groups in total. The maximum Gasteiger partial charge on any atom is 0.247 e. The van der Waals surface area contributed by atoms with Crippen molar-refractivity contribution in [1.82, 2.24) is 14.5 Å². The molecule has 1 aromatic carbocycles. The second-order valence-electron chi connectivity index (χ2n) is 6.10. The fourth-order valence-electron chi connectivity index (χ4n) is 3.24. The molecule has 2 aromatic heterocycles. The number of imidazole rings is 1. The highest BCUT2D eigenvalue weighted by atomic mass is 32.1. The summed E-state index contributed by atoms with van der Waals surface area (Å²) in [5, 5.41) is 2.08. The standard InChI is InChI=1S/C20H19N3OS/c24-20(23-12-1-3-18(23)19-4-2-14-25-19)10-7-16-5-8-17(9-6-16)22-13-11-21-15-22/h2,4-11,13-15,18H,1,3,12H2. The van der Waals surface area contributed by atoms with Crippen LogP contribution >= 0.6 is 11.3 Å². The molecule has 126 valence electrons. The maximum absolute atomic E-state index is 12.6. The summed E-state index contributed by atoms with van der Waals surface area (Å²) in [6.45, 7) is 0.839. The second kappa shape index (κ2) is 7.07. The minimum Gasteiger partial charge on any atom is -0.331 e. The van der Waals surface area contributed by atoms with Crippen molar-refractivity contribution in [1.29, 1.82) is 0 Å². The largest absolute Gasteiger partial charge is 0.331 e. The summed E-state index contributed by atoms with van der Waals surface area (Å²) in [5.41, 5.74) is 2.07. The van der Waals surface area contributed by atoms with E-state index in [-0.39, 0.29) is 11.9 Å². The molecule has 5 heteroatoms. The Hall–Kier alpha value is -2.66. The number of amides is 1. The number of likely N-dealkylation sites (tertiary alicyclic amines) is 1. The number of rotatable bonds is 4. The molecular formula is C20H19N3OS. The Morgan fingerprint density at radius 3 is 2.84 bits per heavy atom. The molecule has 0 spiro atoms. The molecule has 1 saturated heterocycles. The van der Waals surface area contributed by atoms with Gasteiger partial charge in [-0.3, -0.25) is 4.79 Å². The third-order valence-corrected chi connectivity index (χ3v) is 5.50. The summed E-state index contributed by atoms with van der Waals surface area (Å²) in [6.07, 6.45) is 11.1. The minimum absolute atomic E-state index is 0.0922. The summed E-state index contributed by atoms with van der Waals surface area (Å²) in [4.78, 5) is 19.9. The number of aromatic nitrogens is 2. The fraction of sp³-hybridized carbons (Fsp3) is 0.200. The van der Waals surface area contributed by atoms with Gasteiger partial charge in [-0.05, 0) is 48.1 Å². The summed E-state index contributed by atoms with van der Waals surface area (Å²) in [6, 6.07) is 12.5. The Labute approximate surface area is 151 Å². The van der Waals surface area contributed by atoms with Gasteiger partial charge in [0.05, 0.1) is 12.4 Å². The smallest absolute Gasteiger partial charge is 0.247 e. The van der Waals surface area contributed by atoms with Crippen LogP contribution in [0.25, 0.3) is 11.8 Å². The zero-order valence-corrected chi connectivity index (χ0v) is 14.6. The molecule has 1 aliphatic heterocycles. The number of carbonyl (C=O) groups excluding carboxylic acids is 1. The molecule has 0 bridgehead atoms. The SMILES string of the molecule is O=C(C=Cc1ccc(-n2ccnc2)cc1)N1CCCC1c1cccs1. The summed E-state index contributed by atoms with van der Waals surface area (Å²) < 4.78 is 1.95. The topological polar surface area (TPSA) is 38.1 Å². The lowest BCUT2D eigenvalue weighted by atomic mass is 10.1. The highest BCUT2D eigenvalue weighted by Gasteiger charge is 2.29. The zero-order chi connectivity index (χ0) is 17.1. The normalized spacial score (nSPS) is 17.4. The number of hydrogen-bond donors (Lipinski definition) is 0. The third kappa shape index (κ3) is 3.42. The van der Waals surface area contributed by atoms with Crippen molar-refractivity contribution in [2.45, 2.75) is 18.9 Å². The molecule has 25 heavy (non-hydrogen) atoms. The lowest BCUT2D eigenvalue weighted by molar-refractivity contribution is -0.126. The van der Waals surface area contributed by atoms with Crippen LogP contribution in [0.3, 0.4) is 0 Å². The van der Waals surface area contributed by atoms with Crippen molar-refractivity contribution in [3.8, 4) is 5.69 Å². The van der Waals surface area contributed by atoms with E-state index < -0.39 is 0 Å². The van der Waals surface area contributed by atoms with Gasteiger partial charge in [0.25, 0.3) is 0 Å². The molecular weight excluding hydrogens is 330 g/mol. The molecule has 4 rings (SSSR count). The summed E-state index contributed by atoms with van der Waals surface area (Å²) in [7, 11) is 0. The predicted octanol–water partition coefficient (Wildman–Crippen LogP) is 4.31. The van der Waals surface area contributed by atoms with E-state index in [1.165, 1.54) is 4.88 Å². The number of benzene rings is 1. The predicted molar refractivity (Wildman–Crippen MR) is 101 cm³/mol. The van der Waals surface area contributed by atoms with Crippen LogP contribution < -0.4 is 0 Å². The fourth-order valence-corrected chi connectivity index (χ4v) is 4.11. The van der Waals surface area contributed by atoms with Gasteiger partial charge in [0, 0.05) is 35.6 Å². The monoisotopic (exact) mass is 349 g/mol. The quantitative estimate of drug-likeness (QED) is 0.658. The first-order valence-corrected chi connectivity index (χ1v) is 9.30. The van der Waals surface area contributed by atoms with Gasteiger partial charge in [-0.15, -0.1) is 11.3 Å². The Kier molecular flexibility index (Phi) is 4.48. The van der Waals surface area contributed by atoms with Gasteiger partial charge >= 0.3 is 0 Å². The first kappa shape index (κ1) is 15.8. The Balaban J connectivity index is 1.45. The maximum atomic E-state index is 12.6. The highest BCUT2D eigenvalue weighted by Crippen LogP contribution is 2.34. The van der Waals surface area contributed by atoms with Gasteiger partial charge in [0.2, 0.25) is 5.91 Å².